The molecule has 18 heavy (non-hydrogen) atoms. The van der Waals surface area contributed by atoms with Gasteiger partial charge in [0.2, 0.25) is 0 Å². The van der Waals surface area contributed by atoms with Gasteiger partial charge in [-0.15, -0.1) is 11.3 Å². The van der Waals surface area contributed by atoms with E-state index in [9.17, 15) is 0 Å². The van der Waals surface area contributed by atoms with Crippen molar-refractivity contribution < 1.29 is 0 Å². The minimum absolute atomic E-state index is 0.0487. The Morgan fingerprint density at radius 1 is 1.28 bits per heavy atom. The van der Waals surface area contributed by atoms with Crippen molar-refractivity contribution in [3.63, 3.8) is 0 Å². The fourth-order valence-corrected chi connectivity index (χ4v) is 3.09. The van der Waals surface area contributed by atoms with Crippen molar-refractivity contribution in [3.8, 4) is 0 Å². The molecule has 0 amide bonds. The van der Waals surface area contributed by atoms with Gasteiger partial charge in [-0.1, -0.05) is 30.3 Å². The third-order valence-corrected chi connectivity index (χ3v) is 4.27. The van der Waals surface area contributed by atoms with E-state index in [4.69, 9.17) is 0 Å². The lowest BCUT2D eigenvalue weighted by molar-refractivity contribution is 0.518. The second-order valence-electron chi connectivity index (χ2n) is 4.97. The summed E-state index contributed by atoms with van der Waals surface area (Å²) in [7, 11) is 0. The molecule has 2 aromatic rings. The average Bonchev–Trinajstić information content (AvgIpc) is 2.73. The Morgan fingerprint density at radius 3 is 2.61 bits per heavy atom. The van der Waals surface area contributed by atoms with Crippen LogP contribution < -0.4 is 5.32 Å². The van der Waals surface area contributed by atoms with Crippen LogP contribution >= 0.6 is 27.3 Å². The lowest BCUT2D eigenvalue weighted by atomic mass is 9.95. The summed E-state index contributed by atoms with van der Waals surface area (Å²) in [6, 6.07) is 10.6. The molecule has 0 aliphatic heterocycles. The van der Waals surface area contributed by atoms with Crippen molar-refractivity contribution in [2.75, 3.05) is 5.32 Å². The zero-order valence-electron chi connectivity index (χ0n) is 10.6. The number of hydrogen-bond donors (Lipinski definition) is 1. The standard InChI is InChI=1S/C14H17BrN2S/c1-14(2,17-13-16-12(15)10-18-13)9-8-11-6-4-3-5-7-11/h3-7,10H,8-9H2,1-2H3,(H,16,17). The van der Waals surface area contributed by atoms with E-state index in [2.05, 4.69) is 70.4 Å². The molecule has 1 aromatic heterocycles. The molecule has 0 bridgehead atoms. The number of nitrogens with one attached hydrogen (secondary N) is 1. The van der Waals surface area contributed by atoms with Crippen LogP contribution in [0.4, 0.5) is 5.13 Å². The van der Waals surface area contributed by atoms with Crippen molar-refractivity contribution in [2.45, 2.75) is 32.2 Å². The molecule has 2 rings (SSSR count). The van der Waals surface area contributed by atoms with Crippen LogP contribution in [0, 0.1) is 0 Å². The number of aromatic nitrogens is 1. The van der Waals surface area contributed by atoms with Gasteiger partial charge in [0.15, 0.2) is 5.13 Å². The van der Waals surface area contributed by atoms with Crippen LogP contribution in [-0.4, -0.2) is 10.5 Å². The number of thiazole rings is 1. The van der Waals surface area contributed by atoms with Crippen LogP contribution in [0.15, 0.2) is 40.3 Å². The van der Waals surface area contributed by atoms with Gasteiger partial charge in [0.25, 0.3) is 0 Å². The smallest absolute Gasteiger partial charge is 0.184 e. The highest BCUT2D eigenvalue weighted by Gasteiger charge is 2.18. The Labute approximate surface area is 121 Å². The maximum absolute atomic E-state index is 4.37. The summed E-state index contributed by atoms with van der Waals surface area (Å²) in [5.74, 6) is 0. The van der Waals surface area contributed by atoms with Crippen molar-refractivity contribution in [1.82, 2.24) is 4.98 Å². The molecular formula is C14H17BrN2S. The number of halogens is 1. The fraction of sp³-hybridized carbons (Fsp3) is 0.357. The van der Waals surface area contributed by atoms with Crippen LogP contribution in [0.1, 0.15) is 25.8 Å². The molecular weight excluding hydrogens is 308 g/mol. The molecule has 2 nitrogen and oxygen atoms in total. The molecule has 0 atom stereocenters. The van der Waals surface area contributed by atoms with E-state index in [1.807, 2.05) is 5.38 Å². The summed E-state index contributed by atoms with van der Waals surface area (Å²) in [4.78, 5) is 4.37. The molecule has 0 aliphatic carbocycles. The van der Waals surface area contributed by atoms with Gasteiger partial charge in [-0.05, 0) is 48.2 Å². The molecule has 4 heteroatoms. The summed E-state index contributed by atoms with van der Waals surface area (Å²) < 4.78 is 0.897. The molecule has 0 fully saturated rings. The van der Waals surface area contributed by atoms with Crippen LogP contribution in [0.25, 0.3) is 0 Å². The van der Waals surface area contributed by atoms with Crippen molar-refractivity contribution in [3.05, 3.63) is 45.9 Å². The highest BCUT2D eigenvalue weighted by atomic mass is 79.9. The van der Waals surface area contributed by atoms with Crippen LogP contribution in [-0.2, 0) is 6.42 Å². The summed E-state index contributed by atoms with van der Waals surface area (Å²) >= 11 is 5.00. The summed E-state index contributed by atoms with van der Waals surface area (Å²) in [5.41, 5.74) is 1.43. The molecule has 0 unspecified atom stereocenters. The van der Waals surface area contributed by atoms with E-state index in [0.717, 1.165) is 22.6 Å². The maximum atomic E-state index is 4.37. The monoisotopic (exact) mass is 324 g/mol. The van der Waals surface area contributed by atoms with Gasteiger partial charge >= 0.3 is 0 Å². The Balaban J connectivity index is 1.91. The first-order valence-electron chi connectivity index (χ1n) is 5.98. The second-order valence-corrected chi connectivity index (χ2v) is 6.64. The first-order chi connectivity index (χ1) is 8.55. The molecule has 96 valence electrons. The van der Waals surface area contributed by atoms with Gasteiger partial charge in [0, 0.05) is 10.9 Å². The lowest BCUT2D eigenvalue weighted by Gasteiger charge is -2.26. The molecule has 0 saturated carbocycles. The molecule has 1 aromatic carbocycles. The normalized spacial score (nSPS) is 11.5. The zero-order chi connectivity index (χ0) is 13.0. The van der Waals surface area contributed by atoms with E-state index >= 15 is 0 Å². The third kappa shape index (κ3) is 4.10. The van der Waals surface area contributed by atoms with E-state index in [1.54, 1.807) is 11.3 Å². The Bertz CT molecular complexity index is 494. The third-order valence-electron chi connectivity index (χ3n) is 2.80. The number of aryl methyl sites for hydroxylation is 1. The average molecular weight is 325 g/mol. The number of hydrogen-bond acceptors (Lipinski definition) is 3. The summed E-state index contributed by atoms with van der Waals surface area (Å²) in [6.45, 7) is 4.43. The molecule has 1 heterocycles. The van der Waals surface area contributed by atoms with Gasteiger partial charge in [-0.25, -0.2) is 4.98 Å². The Hall–Kier alpha value is -0.870. The molecule has 0 aliphatic rings. The molecule has 0 saturated heterocycles. The fourth-order valence-electron chi connectivity index (χ4n) is 1.77. The number of benzene rings is 1. The second kappa shape index (κ2) is 5.85. The van der Waals surface area contributed by atoms with Crippen LogP contribution in [0.2, 0.25) is 0 Å². The van der Waals surface area contributed by atoms with Gasteiger partial charge in [-0.3, -0.25) is 0 Å². The topological polar surface area (TPSA) is 24.9 Å². The highest BCUT2D eigenvalue weighted by molar-refractivity contribution is 9.10. The largest absolute Gasteiger partial charge is 0.357 e. The predicted octanol–water partition coefficient (Wildman–Crippen LogP) is 4.73. The van der Waals surface area contributed by atoms with E-state index in [0.29, 0.717) is 0 Å². The quantitative estimate of drug-likeness (QED) is 0.860. The van der Waals surface area contributed by atoms with Gasteiger partial charge in [0.1, 0.15) is 4.60 Å². The summed E-state index contributed by atoms with van der Waals surface area (Å²) in [6.07, 6.45) is 2.15. The van der Waals surface area contributed by atoms with Gasteiger partial charge < -0.3 is 5.32 Å². The molecule has 1 N–H and O–H groups in total. The summed E-state index contributed by atoms with van der Waals surface area (Å²) in [5, 5.41) is 6.45. The Morgan fingerprint density at radius 2 is 2.00 bits per heavy atom. The lowest BCUT2D eigenvalue weighted by Crippen LogP contribution is -2.31. The van der Waals surface area contributed by atoms with E-state index < -0.39 is 0 Å². The zero-order valence-corrected chi connectivity index (χ0v) is 13.0. The van der Waals surface area contributed by atoms with E-state index in [-0.39, 0.29) is 5.54 Å². The number of rotatable bonds is 5. The first kappa shape index (κ1) is 13.6. The number of anilines is 1. The van der Waals surface area contributed by atoms with Crippen molar-refractivity contribution >= 4 is 32.4 Å². The first-order valence-corrected chi connectivity index (χ1v) is 7.66. The van der Waals surface area contributed by atoms with Gasteiger partial charge in [0.05, 0.1) is 0 Å². The number of nitrogens with zero attached hydrogens (tertiary/aromatic N) is 1. The minimum Gasteiger partial charge on any atom is -0.357 e. The van der Waals surface area contributed by atoms with E-state index in [1.165, 1.54) is 5.56 Å². The van der Waals surface area contributed by atoms with Crippen LogP contribution in [0.3, 0.4) is 0 Å². The van der Waals surface area contributed by atoms with Crippen molar-refractivity contribution in [1.29, 1.82) is 0 Å². The Kier molecular flexibility index (Phi) is 4.40. The maximum Gasteiger partial charge on any atom is 0.184 e. The van der Waals surface area contributed by atoms with Crippen LogP contribution in [0.5, 0.6) is 0 Å². The molecule has 0 radical (unpaired) electrons. The van der Waals surface area contributed by atoms with Crippen molar-refractivity contribution in [2.24, 2.45) is 0 Å². The highest BCUT2D eigenvalue weighted by Crippen LogP contribution is 2.25. The minimum atomic E-state index is 0.0487. The predicted molar refractivity (Wildman–Crippen MR) is 82.3 cm³/mol. The molecule has 0 spiro atoms. The SMILES string of the molecule is CC(C)(CCc1ccccc1)Nc1nc(Br)cs1. The van der Waals surface area contributed by atoms with Gasteiger partial charge in [-0.2, -0.15) is 0 Å².